The highest BCUT2D eigenvalue weighted by Crippen LogP contribution is 2.25. The fraction of sp³-hybridized carbons (Fsp3) is 0.312. The normalized spacial score (nSPS) is 14.3. The van der Waals surface area contributed by atoms with Gasteiger partial charge in [-0.2, -0.15) is 0 Å². The van der Waals surface area contributed by atoms with Crippen LogP contribution in [-0.2, 0) is 6.54 Å². The summed E-state index contributed by atoms with van der Waals surface area (Å²) in [6, 6.07) is 9.57. The highest BCUT2D eigenvalue weighted by molar-refractivity contribution is 5.64. The van der Waals surface area contributed by atoms with Crippen molar-refractivity contribution in [1.29, 1.82) is 0 Å². The van der Waals surface area contributed by atoms with E-state index in [0.29, 0.717) is 24.0 Å². The molecule has 0 radical (unpaired) electrons. The second-order valence-electron chi connectivity index (χ2n) is 5.05. The van der Waals surface area contributed by atoms with Crippen LogP contribution >= 0.6 is 0 Å². The highest BCUT2D eigenvalue weighted by atomic mass is 19.1. The number of rotatable bonds is 5. The van der Waals surface area contributed by atoms with Gasteiger partial charge in [-0.25, -0.2) is 9.37 Å². The van der Waals surface area contributed by atoms with E-state index in [2.05, 4.69) is 10.3 Å². The molecule has 0 atom stereocenters. The third-order valence-corrected chi connectivity index (χ3v) is 3.49. The van der Waals surface area contributed by atoms with Crippen LogP contribution in [0.15, 0.2) is 36.5 Å². The number of benzene rings is 1. The molecule has 1 N–H and O–H groups in total. The third-order valence-electron chi connectivity index (χ3n) is 3.49. The second-order valence-corrected chi connectivity index (χ2v) is 5.05. The fourth-order valence-corrected chi connectivity index (χ4v) is 2.11. The van der Waals surface area contributed by atoms with Gasteiger partial charge in [0, 0.05) is 30.4 Å². The lowest BCUT2D eigenvalue weighted by molar-refractivity contribution is 0.398. The van der Waals surface area contributed by atoms with E-state index in [1.54, 1.807) is 25.4 Å². The van der Waals surface area contributed by atoms with Crippen LogP contribution in [0.2, 0.25) is 0 Å². The third kappa shape index (κ3) is 2.96. The Kier molecular flexibility index (Phi) is 3.65. The zero-order chi connectivity index (χ0) is 13.9. The molecule has 104 valence electrons. The molecule has 4 heteroatoms. The number of nitrogens with zero attached hydrogens (tertiary/aromatic N) is 1. The van der Waals surface area contributed by atoms with Gasteiger partial charge in [0.15, 0.2) is 0 Å². The van der Waals surface area contributed by atoms with Gasteiger partial charge in [-0.1, -0.05) is 12.1 Å². The fourth-order valence-electron chi connectivity index (χ4n) is 2.11. The van der Waals surface area contributed by atoms with E-state index in [1.807, 2.05) is 18.2 Å². The Bertz CT molecular complexity index is 611. The molecule has 0 aliphatic heterocycles. The van der Waals surface area contributed by atoms with E-state index < -0.39 is 0 Å². The maximum atomic E-state index is 14.1. The van der Waals surface area contributed by atoms with Crippen molar-refractivity contribution in [2.45, 2.75) is 25.4 Å². The maximum absolute atomic E-state index is 14.1. The molecule has 1 aromatic carbocycles. The number of aromatic nitrogens is 1. The van der Waals surface area contributed by atoms with Crippen molar-refractivity contribution in [2.75, 3.05) is 7.11 Å². The van der Waals surface area contributed by atoms with Crippen LogP contribution < -0.4 is 10.1 Å². The van der Waals surface area contributed by atoms with Crippen molar-refractivity contribution in [1.82, 2.24) is 10.3 Å². The Morgan fingerprint density at radius 1 is 1.25 bits per heavy atom. The van der Waals surface area contributed by atoms with Gasteiger partial charge in [-0.05, 0) is 36.1 Å². The number of ether oxygens (including phenoxy) is 1. The summed E-state index contributed by atoms with van der Waals surface area (Å²) < 4.78 is 19.2. The first kappa shape index (κ1) is 13.1. The van der Waals surface area contributed by atoms with E-state index in [9.17, 15) is 4.39 Å². The van der Waals surface area contributed by atoms with Crippen LogP contribution in [0, 0.1) is 5.82 Å². The minimum absolute atomic E-state index is 0.175. The number of nitrogens with one attached hydrogen (secondary N) is 1. The number of methoxy groups -OCH3 is 1. The summed E-state index contributed by atoms with van der Waals surface area (Å²) in [5.41, 5.74) is 2.44. The molecule has 1 aliphatic carbocycles. The largest absolute Gasteiger partial charge is 0.481 e. The standard InChI is InChI=1S/C16H17FN2O/c1-20-16-9-12(6-7-18-16)11-2-3-13(15(17)8-11)10-19-14-4-5-14/h2-3,6-9,14,19H,4-5,10H2,1H3. The molecule has 3 rings (SSSR count). The number of hydrogen-bond acceptors (Lipinski definition) is 3. The minimum Gasteiger partial charge on any atom is -0.481 e. The summed E-state index contributed by atoms with van der Waals surface area (Å²) in [6.45, 7) is 0.594. The van der Waals surface area contributed by atoms with E-state index >= 15 is 0 Å². The van der Waals surface area contributed by atoms with E-state index in [1.165, 1.54) is 12.8 Å². The van der Waals surface area contributed by atoms with Crippen molar-refractivity contribution in [3.63, 3.8) is 0 Å². The molecule has 0 spiro atoms. The Balaban J connectivity index is 1.80. The predicted molar refractivity (Wildman–Crippen MR) is 76.0 cm³/mol. The molecule has 0 amide bonds. The topological polar surface area (TPSA) is 34.1 Å². The van der Waals surface area contributed by atoms with Crippen molar-refractivity contribution in [3.05, 3.63) is 47.9 Å². The monoisotopic (exact) mass is 272 g/mol. The Morgan fingerprint density at radius 3 is 2.75 bits per heavy atom. The zero-order valence-electron chi connectivity index (χ0n) is 11.4. The highest BCUT2D eigenvalue weighted by Gasteiger charge is 2.20. The first-order chi connectivity index (χ1) is 9.76. The Morgan fingerprint density at radius 2 is 2.05 bits per heavy atom. The second kappa shape index (κ2) is 5.59. The van der Waals surface area contributed by atoms with Crippen LogP contribution in [0.1, 0.15) is 18.4 Å². The van der Waals surface area contributed by atoms with Crippen molar-refractivity contribution in [3.8, 4) is 17.0 Å². The van der Waals surface area contributed by atoms with Crippen LogP contribution in [0.3, 0.4) is 0 Å². The number of halogens is 1. The molecule has 2 aromatic rings. The van der Waals surface area contributed by atoms with Crippen LogP contribution in [0.5, 0.6) is 5.88 Å². The summed E-state index contributed by atoms with van der Waals surface area (Å²) in [6.07, 6.45) is 4.07. The van der Waals surface area contributed by atoms with Gasteiger partial charge >= 0.3 is 0 Å². The van der Waals surface area contributed by atoms with E-state index in [0.717, 1.165) is 11.1 Å². The molecular formula is C16H17FN2O. The Labute approximate surface area is 117 Å². The van der Waals surface area contributed by atoms with Crippen LogP contribution in [0.4, 0.5) is 4.39 Å². The van der Waals surface area contributed by atoms with Crippen LogP contribution in [-0.4, -0.2) is 18.1 Å². The lowest BCUT2D eigenvalue weighted by Gasteiger charge is -2.08. The summed E-state index contributed by atoms with van der Waals surface area (Å²) in [5, 5.41) is 3.32. The molecule has 1 fully saturated rings. The minimum atomic E-state index is -0.175. The molecular weight excluding hydrogens is 255 g/mol. The molecule has 20 heavy (non-hydrogen) atoms. The van der Waals surface area contributed by atoms with Crippen LogP contribution in [0.25, 0.3) is 11.1 Å². The average molecular weight is 272 g/mol. The molecule has 1 aromatic heterocycles. The maximum Gasteiger partial charge on any atom is 0.213 e. The smallest absolute Gasteiger partial charge is 0.213 e. The summed E-state index contributed by atoms with van der Waals surface area (Å²) >= 11 is 0. The van der Waals surface area contributed by atoms with Gasteiger partial charge in [-0.3, -0.25) is 0 Å². The lowest BCUT2D eigenvalue weighted by atomic mass is 10.0. The van der Waals surface area contributed by atoms with Gasteiger partial charge in [0.2, 0.25) is 5.88 Å². The summed E-state index contributed by atoms with van der Waals surface area (Å²) in [5.74, 6) is 0.355. The SMILES string of the molecule is COc1cc(-c2ccc(CNC3CC3)c(F)c2)ccn1. The quantitative estimate of drug-likeness (QED) is 0.908. The zero-order valence-corrected chi connectivity index (χ0v) is 11.4. The van der Waals surface area contributed by atoms with E-state index in [-0.39, 0.29) is 5.82 Å². The van der Waals surface area contributed by atoms with Gasteiger partial charge in [-0.15, -0.1) is 0 Å². The first-order valence-corrected chi connectivity index (χ1v) is 6.78. The van der Waals surface area contributed by atoms with Gasteiger partial charge in [0.25, 0.3) is 0 Å². The molecule has 1 heterocycles. The molecule has 1 saturated carbocycles. The number of pyridine rings is 1. The average Bonchev–Trinajstić information content (AvgIpc) is 3.30. The predicted octanol–water partition coefficient (Wildman–Crippen LogP) is 3.15. The Hall–Kier alpha value is -1.94. The van der Waals surface area contributed by atoms with Crippen molar-refractivity contribution < 1.29 is 9.13 Å². The van der Waals surface area contributed by atoms with Gasteiger partial charge in [0.1, 0.15) is 5.82 Å². The first-order valence-electron chi connectivity index (χ1n) is 6.78. The molecule has 0 unspecified atom stereocenters. The summed E-state index contributed by atoms with van der Waals surface area (Å²) in [4.78, 5) is 4.05. The van der Waals surface area contributed by atoms with Crippen molar-refractivity contribution in [2.24, 2.45) is 0 Å². The van der Waals surface area contributed by atoms with E-state index in [4.69, 9.17) is 4.74 Å². The van der Waals surface area contributed by atoms with Gasteiger partial charge < -0.3 is 10.1 Å². The molecule has 0 bridgehead atoms. The van der Waals surface area contributed by atoms with Crippen molar-refractivity contribution >= 4 is 0 Å². The molecule has 0 saturated heterocycles. The molecule has 1 aliphatic rings. The number of hydrogen-bond donors (Lipinski definition) is 1. The summed E-state index contributed by atoms with van der Waals surface area (Å²) in [7, 11) is 1.57. The molecule has 3 nitrogen and oxygen atoms in total. The lowest BCUT2D eigenvalue weighted by Crippen LogP contribution is -2.16. The van der Waals surface area contributed by atoms with Gasteiger partial charge in [0.05, 0.1) is 7.11 Å².